The zero-order valence-electron chi connectivity index (χ0n) is 12.3. The Bertz CT molecular complexity index is 762. The molecule has 0 atom stereocenters. The van der Waals surface area contributed by atoms with Crippen molar-refractivity contribution in [1.29, 1.82) is 0 Å². The molecule has 2 aromatic rings. The summed E-state index contributed by atoms with van der Waals surface area (Å²) in [6.45, 7) is 1.24. The maximum atomic E-state index is 12.5. The smallest absolute Gasteiger partial charge is 0.268 e. The number of carbonyl (C=O) groups is 1. The molecule has 9 heteroatoms. The highest BCUT2D eigenvalue weighted by molar-refractivity contribution is 7.99. The number of hydrogen-bond donors (Lipinski definition) is 2. The zero-order valence-corrected chi connectivity index (χ0v) is 14.0. The number of carbonyl (C=O) groups excluding carboxylic acids is 1. The Morgan fingerprint density at radius 2 is 2.17 bits per heavy atom. The molecule has 0 bridgehead atoms. The number of amides is 1. The summed E-state index contributed by atoms with van der Waals surface area (Å²) >= 11 is 1.74. The highest BCUT2D eigenvalue weighted by atomic mass is 32.2. The summed E-state index contributed by atoms with van der Waals surface area (Å²) in [5.41, 5.74) is 0.210. The molecule has 3 heterocycles. The van der Waals surface area contributed by atoms with Crippen LogP contribution >= 0.6 is 11.8 Å². The summed E-state index contributed by atoms with van der Waals surface area (Å²) in [6, 6.07) is 4.85. The van der Waals surface area contributed by atoms with Crippen molar-refractivity contribution in [2.24, 2.45) is 0 Å². The van der Waals surface area contributed by atoms with E-state index in [0.29, 0.717) is 18.8 Å². The molecule has 3 rings (SSSR count). The van der Waals surface area contributed by atoms with Crippen LogP contribution in [0.5, 0.6) is 0 Å². The molecule has 0 spiro atoms. The van der Waals surface area contributed by atoms with Crippen molar-refractivity contribution < 1.29 is 17.6 Å². The van der Waals surface area contributed by atoms with E-state index < -0.39 is 10.0 Å². The number of aromatic amines is 1. The first-order valence-corrected chi connectivity index (χ1v) is 9.74. The second-order valence-corrected chi connectivity index (χ2v) is 8.19. The summed E-state index contributed by atoms with van der Waals surface area (Å²) in [7, 11) is -3.54. The minimum atomic E-state index is -3.54. The standard InChI is InChI=1S/C14H17N3O4S2/c18-14(16-9-11-2-1-5-21-11)13-8-12(10-15-13)23(19,20)17-3-6-22-7-4-17/h1-2,5,8,10,15H,3-4,6-7,9H2,(H,16,18). The number of hydrogen-bond acceptors (Lipinski definition) is 5. The number of nitrogens with one attached hydrogen (secondary N) is 2. The molecule has 1 fully saturated rings. The molecular weight excluding hydrogens is 338 g/mol. The highest BCUT2D eigenvalue weighted by Gasteiger charge is 2.27. The van der Waals surface area contributed by atoms with Crippen molar-refractivity contribution >= 4 is 27.7 Å². The fourth-order valence-electron chi connectivity index (χ4n) is 2.27. The number of rotatable bonds is 5. The third-order valence-corrected chi connectivity index (χ3v) is 6.33. The van der Waals surface area contributed by atoms with Crippen molar-refractivity contribution in [1.82, 2.24) is 14.6 Å². The van der Waals surface area contributed by atoms with Crippen LogP contribution in [0.1, 0.15) is 16.2 Å². The minimum absolute atomic E-state index is 0.118. The first-order chi connectivity index (χ1) is 11.1. The molecule has 0 unspecified atom stereocenters. The van der Waals surface area contributed by atoms with Gasteiger partial charge in [0, 0.05) is 30.8 Å². The Morgan fingerprint density at radius 3 is 2.87 bits per heavy atom. The van der Waals surface area contributed by atoms with E-state index in [-0.39, 0.29) is 23.0 Å². The summed E-state index contributed by atoms with van der Waals surface area (Å²) < 4.78 is 31.6. The van der Waals surface area contributed by atoms with Crippen molar-refractivity contribution in [2.75, 3.05) is 24.6 Å². The first-order valence-electron chi connectivity index (χ1n) is 7.14. The topological polar surface area (TPSA) is 95.4 Å². The van der Waals surface area contributed by atoms with Gasteiger partial charge in [0.05, 0.1) is 12.8 Å². The molecule has 23 heavy (non-hydrogen) atoms. The van der Waals surface area contributed by atoms with Crippen LogP contribution in [-0.2, 0) is 16.6 Å². The van der Waals surface area contributed by atoms with Gasteiger partial charge in [0.25, 0.3) is 5.91 Å². The van der Waals surface area contributed by atoms with Gasteiger partial charge in [-0.05, 0) is 18.2 Å². The van der Waals surface area contributed by atoms with Crippen LogP contribution in [0.15, 0.2) is 40.0 Å². The van der Waals surface area contributed by atoms with Gasteiger partial charge in [-0.15, -0.1) is 0 Å². The van der Waals surface area contributed by atoms with Crippen LogP contribution in [0, 0.1) is 0 Å². The molecule has 1 saturated heterocycles. The van der Waals surface area contributed by atoms with Gasteiger partial charge < -0.3 is 14.7 Å². The van der Waals surface area contributed by atoms with Crippen LogP contribution in [0.4, 0.5) is 0 Å². The molecule has 2 N–H and O–H groups in total. The molecule has 0 radical (unpaired) electrons. The number of furan rings is 1. The van der Waals surface area contributed by atoms with Gasteiger partial charge in [-0.25, -0.2) is 8.42 Å². The van der Waals surface area contributed by atoms with Gasteiger partial charge in [0.15, 0.2) is 0 Å². The lowest BCUT2D eigenvalue weighted by Gasteiger charge is -2.24. The summed E-state index contributed by atoms with van der Waals surface area (Å²) in [4.78, 5) is 14.9. The molecule has 1 aliphatic heterocycles. The van der Waals surface area contributed by atoms with Crippen LogP contribution < -0.4 is 5.32 Å². The third-order valence-electron chi connectivity index (χ3n) is 3.51. The van der Waals surface area contributed by atoms with E-state index in [1.807, 2.05) is 0 Å². The lowest BCUT2D eigenvalue weighted by molar-refractivity contribution is 0.0943. The normalized spacial score (nSPS) is 16.3. The lowest BCUT2D eigenvalue weighted by atomic mass is 10.4. The van der Waals surface area contributed by atoms with Crippen LogP contribution in [0.3, 0.4) is 0 Å². The van der Waals surface area contributed by atoms with E-state index in [1.165, 1.54) is 22.8 Å². The number of nitrogens with zero attached hydrogens (tertiary/aromatic N) is 1. The average Bonchev–Trinajstić information content (AvgIpc) is 3.25. The number of sulfonamides is 1. The first kappa shape index (κ1) is 16.2. The van der Waals surface area contributed by atoms with E-state index >= 15 is 0 Å². The lowest BCUT2D eigenvalue weighted by Crippen LogP contribution is -2.37. The van der Waals surface area contributed by atoms with Crippen molar-refractivity contribution in [3.8, 4) is 0 Å². The van der Waals surface area contributed by atoms with Crippen LogP contribution in [0.2, 0.25) is 0 Å². The van der Waals surface area contributed by atoms with E-state index in [0.717, 1.165) is 11.5 Å². The Labute approximate surface area is 138 Å². The van der Waals surface area contributed by atoms with E-state index in [1.54, 1.807) is 23.9 Å². The molecular formula is C14H17N3O4S2. The van der Waals surface area contributed by atoms with Crippen molar-refractivity contribution in [2.45, 2.75) is 11.4 Å². The minimum Gasteiger partial charge on any atom is -0.467 e. The van der Waals surface area contributed by atoms with E-state index in [2.05, 4.69) is 10.3 Å². The van der Waals surface area contributed by atoms with Gasteiger partial charge in [-0.2, -0.15) is 16.1 Å². The Hall–Kier alpha value is -1.71. The summed E-state index contributed by atoms with van der Waals surface area (Å²) in [5, 5.41) is 2.67. The zero-order chi connectivity index (χ0) is 16.3. The van der Waals surface area contributed by atoms with Crippen molar-refractivity contribution in [3.05, 3.63) is 42.1 Å². The monoisotopic (exact) mass is 355 g/mol. The molecule has 2 aromatic heterocycles. The van der Waals surface area contributed by atoms with Crippen LogP contribution in [-0.4, -0.2) is 48.2 Å². The molecule has 124 valence electrons. The molecule has 1 aliphatic rings. The van der Waals surface area contributed by atoms with Gasteiger partial charge in [-0.3, -0.25) is 4.79 Å². The van der Waals surface area contributed by atoms with E-state index in [9.17, 15) is 13.2 Å². The molecule has 0 aliphatic carbocycles. The van der Waals surface area contributed by atoms with Gasteiger partial charge >= 0.3 is 0 Å². The predicted molar refractivity (Wildman–Crippen MR) is 86.8 cm³/mol. The van der Waals surface area contributed by atoms with E-state index in [4.69, 9.17) is 4.42 Å². The molecule has 0 saturated carbocycles. The molecule has 1 amide bonds. The third kappa shape index (κ3) is 3.62. The fourth-order valence-corrected chi connectivity index (χ4v) is 4.84. The quantitative estimate of drug-likeness (QED) is 0.842. The molecule has 0 aromatic carbocycles. The largest absolute Gasteiger partial charge is 0.467 e. The SMILES string of the molecule is O=C(NCc1ccco1)c1cc(S(=O)(=O)N2CCSCC2)c[nH]1. The second kappa shape index (κ2) is 6.81. The Balaban J connectivity index is 1.68. The summed E-state index contributed by atoms with van der Waals surface area (Å²) in [6.07, 6.45) is 2.89. The summed E-state index contributed by atoms with van der Waals surface area (Å²) in [5.74, 6) is 1.83. The maximum Gasteiger partial charge on any atom is 0.268 e. The highest BCUT2D eigenvalue weighted by Crippen LogP contribution is 2.20. The van der Waals surface area contributed by atoms with Gasteiger partial charge in [-0.1, -0.05) is 0 Å². The number of H-pyrrole nitrogens is 1. The van der Waals surface area contributed by atoms with Crippen molar-refractivity contribution in [3.63, 3.8) is 0 Å². The van der Waals surface area contributed by atoms with Gasteiger partial charge in [0.2, 0.25) is 10.0 Å². The predicted octanol–water partition coefficient (Wildman–Crippen LogP) is 1.28. The maximum absolute atomic E-state index is 12.5. The molecule has 7 nitrogen and oxygen atoms in total. The van der Waals surface area contributed by atoms with Crippen LogP contribution in [0.25, 0.3) is 0 Å². The van der Waals surface area contributed by atoms with Gasteiger partial charge in [0.1, 0.15) is 16.3 Å². The number of aromatic nitrogens is 1. The fraction of sp³-hybridized carbons (Fsp3) is 0.357. The number of thioether (sulfide) groups is 1. The Morgan fingerprint density at radius 1 is 1.39 bits per heavy atom. The Kier molecular flexibility index (Phi) is 4.79. The second-order valence-electron chi connectivity index (χ2n) is 5.03. The average molecular weight is 355 g/mol.